The minimum atomic E-state index is 0.530. The average Bonchev–Trinajstić information content (AvgIpc) is 3.05. The van der Waals surface area contributed by atoms with Gasteiger partial charge in [0.2, 0.25) is 0 Å². The molecule has 1 aliphatic carbocycles. The molecule has 0 amide bonds. The molecule has 3 rings (SSSR count). The summed E-state index contributed by atoms with van der Waals surface area (Å²) in [7, 11) is 0. The van der Waals surface area contributed by atoms with Gasteiger partial charge >= 0.3 is 0 Å². The van der Waals surface area contributed by atoms with Crippen LogP contribution in [-0.4, -0.2) is 15.4 Å². The minimum Gasteiger partial charge on any atom is -0.325 e. The van der Waals surface area contributed by atoms with Crippen molar-refractivity contribution in [1.82, 2.24) is 9.55 Å². The third-order valence-electron chi connectivity index (χ3n) is 4.73. The summed E-state index contributed by atoms with van der Waals surface area (Å²) in [5.74, 6) is 2.58. The molecule has 1 atom stereocenters. The van der Waals surface area contributed by atoms with E-state index in [0.29, 0.717) is 11.9 Å². The lowest BCUT2D eigenvalue weighted by Gasteiger charge is -2.23. The predicted octanol–water partition coefficient (Wildman–Crippen LogP) is 4.88. The highest BCUT2D eigenvalue weighted by Crippen LogP contribution is 2.36. The molecule has 1 saturated carbocycles. The Balaban J connectivity index is 2.09. The van der Waals surface area contributed by atoms with Crippen LogP contribution < -0.4 is 0 Å². The number of imidazole rings is 1. The first-order valence-corrected chi connectivity index (χ1v) is 8.27. The number of benzene rings is 1. The third-order valence-corrected chi connectivity index (χ3v) is 4.91. The topological polar surface area (TPSA) is 17.8 Å². The second-order valence-corrected chi connectivity index (χ2v) is 6.49. The number of hydrogen-bond donors (Lipinski definition) is 0. The summed E-state index contributed by atoms with van der Waals surface area (Å²) < 4.78 is 2.46. The molecule has 0 N–H and O–H groups in total. The Morgan fingerprint density at radius 2 is 2.10 bits per heavy atom. The maximum atomic E-state index is 5.98. The molecule has 0 spiro atoms. The summed E-state index contributed by atoms with van der Waals surface area (Å²) in [4.78, 5) is 4.81. The maximum absolute atomic E-state index is 5.98. The first kappa shape index (κ1) is 13.9. The van der Waals surface area contributed by atoms with Crippen LogP contribution >= 0.6 is 11.6 Å². The van der Waals surface area contributed by atoms with Crippen LogP contribution in [0.15, 0.2) is 18.2 Å². The number of rotatable bonds is 4. The quantitative estimate of drug-likeness (QED) is 0.734. The van der Waals surface area contributed by atoms with Crippen molar-refractivity contribution in [2.24, 2.45) is 5.92 Å². The van der Waals surface area contributed by atoms with Gasteiger partial charge in [-0.25, -0.2) is 4.98 Å². The Morgan fingerprint density at radius 1 is 1.35 bits per heavy atom. The van der Waals surface area contributed by atoms with E-state index in [0.717, 1.165) is 23.7 Å². The van der Waals surface area contributed by atoms with E-state index in [1.165, 1.54) is 36.8 Å². The third kappa shape index (κ3) is 2.46. The summed E-state index contributed by atoms with van der Waals surface area (Å²) in [5, 5.41) is 0. The standard InChI is InChI=1S/C17H23ClN2/c1-12-7-8-15-16(11-12)20(17(19-15)9-10-18)13(2)14-5-3-4-6-14/h7-8,11,13-14H,3-6,9-10H2,1-2H3. The van der Waals surface area contributed by atoms with E-state index < -0.39 is 0 Å². The monoisotopic (exact) mass is 290 g/mol. The highest BCUT2D eigenvalue weighted by Gasteiger charge is 2.25. The van der Waals surface area contributed by atoms with Crippen LogP contribution in [-0.2, 0) is 6.42 Å². The smallest absolute Gasteiger partial charge is 0.111 e. The molecule has 1 heterocycles. The van der Waals surface area contributed by atoms with Gasteiger partial charge in [-0.05, 0) is 50.3 Å². The van der Waals surface area contributed by atoms with Gasteiger partial charge in [0.25, 0.3) is 0 Å². The molecule has 20 heavy (non-hydrogen) atoms. The molecule has 0 saturated heterocycles. The van der Waals surface area contributed by atoms with E-state index in [4.69, 9.17) is 16.6 Å². The largest absolute Gasteiger partial charge is 0.325 e. The molecule has 2 aromatic rings. The van der Waals surface area contributed by atoms with Gasteiger partial charge in [0.1, 0.15) is 5.82 Å². The lowest BCUT2D eigenvalue weighted by molar-refractivity contribution is 0.360. The molecular weight excluding hydrogens is 268 g/mol. The summed E-state index contributed by atoms with van der Waals surface area (Å²) in [6.07, 6.45) is 6.32. The van der Waals surface area contributed by atoms with Gasteiger partial charge in [-0.1, -0.05) is 18.9 Å². The van der Waals surface area contributed by atoms with Crippen molar-refractivity contribution in [2.75, 3.05) is 5.88 Å². The van der Waals surface area contributed by atoms with E-state index >= 15 is 0 Å². The van der Waals surface area contributed by atoms with Gasteiger partial charge in [0, 0.05) is 18.3 Å². The van der Waals surface area contributed by atoms with E-state index in [9.17, 15) is 0 Å². The normalized spacial score (nSPS) is 17.9. The fourth-order valence-electron chi connectivity index (χ4n) is 3.62. The Bertz CT molecular complexity index is 596. The first-order valence-electron chi connectivity index (χ1n) is 7.74. The van der Waals surface area contributed by atoms with Crippen molar-refractivity contribution in [3.05, 3.63) is 29.6 Å². The summed E-state index contributed by atoms with van der Waals surface area (Å²) in [5.41, 5.74) is 3.69. The molecular formula is C17H23ClN2. The zero-order chi connectivity index (χ0) is 14.1. The van der Waals surface area contributed by atoms with E-state index in [1.54, 1.807) is 0 Å². The molecule has 2 nitrogen and oxygen atoms in total. The van der Waals surface area contributed by atoms with Gasteiger partial charge in [-0.2, -0.15) is 0 Å². The molecule has 1 unspecified atom stereocenters. The molecule has 0 radical (unpaired) electrons. The second kappa shape index (κ2) is 5.77. The molecule has 1 aromatic heterocycles. The van der Waals surface area contributed by atoms with Crippen LogP contribution in [0.2, 0.25) is 0 Å². The van der Waals surface area contributed by atoms with Gasteiger partial charge in [-0.15, -0.1) is 11.6 Å². The Morgan fingerprint density at radius 3 is 2.80 bits per heavy atom. The van der Waals surface area contributed by atoms with Crippen LogP contribution in [0.3, 0.4) is 0 Å². The number of aryl methyl sites for hydroxylation is 2. The van der Waals surface area contributed by atoms with E-state index in [2.05, 4.69) is 36.6 Å². The van der Waals surface area contributed by atoms with Gasteiger partial charge < -0.3 is 4.57 Å². The fraction of sp³-hybridized carbons (Fsp3) is 0.588. The van der Waals surface area contributed by atoms with Crippen molar-refractivity contribution in [2.45, 2.75) is 52.0 Å². The molecule has 108 valence electrons. The van der Waals surface area contributed by atoms with Crippen molar-refractivity contribution >= 4 is 22.6 Å². The number of hydrogen-bond acceptors (Lipinski definition) is 1. The highest BCUT2D eigenvalue weighted by molar-refractivity contribution is 6.17. The fourth-order valence-corrected chi connectivity index (χ4v) is 3.79. The van der Waals surface area contributed by atoms with Crippen LogP contribution in [0.5, 0.6) is 0 Å². The first-order chi connectivity index (χ1) is 9.70. The minimum absolute atomic E-state index is 0.530. The zero-order valence-electron chi connectivity index (χ0n) is 12.4. The average molecular weight is 291 g/mol. The lowest BCUT2D eigenvalue weighted by atomic mass is 9.99. The number of aromatic nitrogens is 2. The van der Waals surface area contributed by atoms with Crippen molar-refractivity contribution in [3.63, 3.8) is 0 Å². The van der Waals surface area contributed by atoms with Crippen molar-refractivity contribution in [1.29, 1.82) is 0 Å². The number of halogens is 1. The number of alkyl halides is 1. The summed E-state index contributed by atoms with van der Waals surface area (Å²) in [6, 6.07) is 7.08. The van der Waals surface area contributed by atoms with Crippen LogP contribution in [0.4, 0.5) is 0 Å². The van der Waals surface area contributed by atoms with Gasteiger partial charge in [0.15, 0.2) is 0 Å². The Kier molecular flexibility index (Phi) is 4.02. The molecule has 0 aliphatic heterocycles. The van der Waals surface area contributed by atoms with Crippen molar-refractivity contribution < 1.29 is 0 Å². The van der Waals surface area contributed by atoms with Crippen LogP contribution in [0.25, 0.3) is 11.0 Å². The second-order valence-electron chi connectivity index (χ2n) is 6.11. The molecule has 1 fully saturated rings. The Hall–Kier alpha value is -1.02. The van der Waals surface area contributed by atoms with Crippen LogP contribution in [0, 0.1) is 12.8 Å². The Labute approximate surface area is 126 Å². The maximum Gasteiger partial charge on any atom is 0.111 e. The highest BCUT2D eigenvalue weighted by atomic mass is 35.5. The van der Waals surface area contributed by atoms with E-state index in [1.807, 2.05) is 0 Å². The zero-order valence-corrected chi connectivity index (χ0v) is 13.2. The van der Waals surface area contributed by atoms with Gasteiger partial charge in [0.05, 0.1) is 11.0 Å². The predicted molar refractivity (Wildman–Crippen MR) is 85.6 cm³/mol. The van der Waals surface area contributed by atoms with E-state index in [-0.39, 0.29) is 0 Å². The summed E-state index contributed by atoms with van der Waals surface area (Å²) in [6.45, 7) is 4.51. The summed E-state index contributed by atoms with van der Waals surface area (Å²) >= 11 is 5.98. The van der Waals surface area contributed by atoms with Gasteiger partial charge in [-0.3, -0.25) is 0 Å². The molecule has 3 heteroatoms. The number of fused-ring (bicyclic) bond motifs is 1. The number of nitrogens with zero attached hydrogens (tertiary/aromatic N) is 2. The SMILES string of the molecule is Cc1ccc2nc(CCCl)n(C(C)C3CCCC3)c2c1. The lowest BCUT2D eigenvalue weighted by Crippen LogP contribution is -2.17. The molecule has 1 aromatic carbocycles. The van der Waals surface area contributed by atoms with Crippen LogP contribution in [0.1, 0.15) is 50.0 Å². The van der Waals surface area contributed by atoms with Crippen molar-refractivity contribution in [3.8, 4) is 0 Å². The molecule has 1 aliphatic rings. The molecule has 0 bridgehead atoms.